The van der Waals surface area contributed by atoms with Crippen LogP contribution in [0, 0.1) is 11.8 Å². The lowest BCUT2D eigenvalue weighted by molar-refractivity contribution is 0.455. The van der Waals surface area contributed by atoms with Gasteiger partial charge in [0.1, 0.15) is 0 Å². The fourth-order valence-electron chi connectivity index (χ4n) is 4.84. The Balaban J connectivity index is 1.50. The summed E-state index contributed by atoms with van der Waals surface area (Å²) in [6, 6.07) is 2.03. The van der Waals surface area contributed by atoms with Gasteiger partial charge in [-0.15, -0.1) is 0 Å². The smallest absolute Gasteiger partial charge is 0.156 e. The Bertz CT molecular complexity index is 1060. The third-order valence-corrected chi connectivity index (χ3v) is 8.69. The van der Waals surface area contributed by atoms with Gasteiger partial charge < -0.3 is 4.98 Å². The van der Waals surface area contributed by atoms with Crippen LogP contribution in [-0.2, 0) is 9.84 Å². The van der Waals surface area contributed by atoms with Gasteiger partial charge in [0.25, 0.3) is 0 Å². The maximum absolute atomic E-state index is 12.5. The number of imidazole rings is 1. The van der Waals surface area contributed by atoms with Crippen molar-refractivity contribution >= 4 is 26.6 Å². The van der Waals surface area contributed by atoms with E-state index in [1.54, 1.807) is 6.20 Å². The van der Waals surface area contributed by atoms with Crippen LogP contribution in [0.1, 0.15) is 50.6 Å². The summed E-state index contributed by atoms with van der Waals surface area (Å²) < 4.78 is 27.1. The third-order valence-electron chi connectivity index (χ3n) is 6.27. The molecule has 2 aliphatic rings. The van der Waals surface area contributed by atoms with E-state index in [4.69, 9.17) is 0 Å². The second kappa shape index (κ2) is 5.81. The number of fused-ring (bicyclic) bond motifs is 3. The van der Waals surface area contributed by atoms with E-state index in [0.717, 1.165) is 48.9 Å². The van der Waals surface area contributed by atoms with Gasteiger partial charge in [0.05, 0.1) is 22.7 Å². The number of hydrogen-bond donors (Lipinski definition) is 1. The molecule has 0 unspecified atom stereocenters. The minimum atomic E-state index is -2.90. The Morgan fingerprint density at radius 1 is 1.23 bits per heavy atom. The monoisotopic (exact) mass is 372 g/mol. The van der Waals surface area contributed by atoms with E-state index in [2.05, 4.69) is 26.3 Å². The minimum absolute atomic E-state index is 0.0528. The third kappa shape index (κ3) is 2.55. The second-order valence-electron chi connectivity index (χ2n) is 7.99. The molecule has 1 N–H and O–H groups in total. The van der Waals surface area contributed by atoms with Crippen molar-refractivity contribution in [1.82, 2.24) is 19.4 Å². The molecule has 2 aliphatic carbocycles. The summed E-state index contributed by atoms with van der Waals surface area (Å²) in [5.74, 6) is 1.50. The van der Waals surface area contributed by atoms with E-state index in [0.29, 0.717) is 17.6 Å². The lowest BCUT2D eigenvalue weighted by Crippen LogP contribution is -2.18. The number of aromatic amines is 1. The summed E-state index contributed by atoms with van der Waals surface area (Å²) in [7, 11) is -2.90. The van der Waals surface area contributed by atoms with Gasteiger partial charge in [-0.25, -0.2) is 18.4 Å². The molecule has 0 saturated heterocycles. The number of H-pyrrole nitrogens is 1. The molecule has 2 saturated carbocycles. The molecule has 0 spiro atoms. The van der Waals surface area contributed by atoms with E-state index in [1.165, 1.54) is 5.69 Å². The van der Waals surface area contributed by atoms with Gasteiger partial charge in [-0.2, -0.15) is 0 Å². The molecule has 138 valence electrons. The van der Waals surface area contributed by atoms with E-state index >= 15 is 0 Å². The van der Waals surface area contributed by atoms with Crippen molar-refractivity contribution < 1.29 is 8.42 Å². The van der Waals surface area contributed by atoms with Crippen LogP contribution in [0.5, 0.6) is 0 Å². The summed E-state index contributed by atoms with van der Waals surface area (Å²) >= 11 is 0. The zero-order chi connectivity index (χ0) is 17.9. The molecule has 3 aromatic heterocycles. The van der Waals surface area contributed by atoms with Crippen LogP contribution in [0.4, 0.5) is 0 Å². The molecule has 26 heavy (non-hydrogen) atoms. The molecule has 0 amide bonds. The largest absolute Gasteiger partial charge is 0.345 e. The van der Waals surface area contributed by atoms with Crippen LogP contribution in [0.3, 0.4) is 0 Å². The molecule has 7 heteroatoms. The highest BCUT2D eigenvalue weighted by atomic mass is 32.2. The lowest BCUT2D eigenvalue weighted by atomic mass is 9.91. The Hall–Kier alpha value is -1.89. The van der Waals surface area contributed by atoms with E-state index in [1.807, 2.05) is 18.5 Å². The van der Waals surface area contributed by atoms with Gasteiger partial charge in [0, 0.05) is 24.0 Å². The van der Waals surface area contributed by atoms with Crippen LogP contribution >= 0.6 is 0 Å². The van der Waals surface area contributed by atoms with Crippen LogP contribution < -0.4 is 0 Å². The first-order valence-corrected chi connectivity index (χ1v) is 11.3. The summed E-state index contributed by atoms with van der Waals surface area (Å²) in [4.78, 5) is 12.2. The highest BCUT2D eigenvalue weighted by molar-refractivity contribution is 7.92. The Kier molecular flexibility index (Phi) is 3.64. The number of nitrogens with one attached hydrogen (secondary N) is 1. The normalized spacial score (nSPS) is 26.9. The topological polar surface area (TPSA) is 80.1 Å². The first-order chi connectivity index (χ1) is 12.6. The molecule has 0 radical (unpaired) electrons. The Morgan fingerprint density at radius 2 is 2.08 bits per heavy atom. The number of sulfone groups is 1. The number of aromatic nitrogens is 4. The molecule has 2 fully saturated rings. The Morgan fingerprint density at radius 3 is 2.85 bits per heavy atom. The standard InChI is InChI=1S/C19H24N4O2S/c1-2-13-7-12(11-26(24,25)14-3-4-14)8-15(13)17-9-21-18-10-22-19-16(23(17)18)5-6-20-19/h5-6,9-10,12-15,20H,2-4,7-8,11H2,1H3/t12-,13+,15-/m0/s1. The van der Waals surface area contributed by atoms with E-state index in [9.17, 15) is 8.42 Å². The maximum Gasteiger partial charge on any atom is 0.156 e. The number of nitrogens with zero attached hydrogens (tertiary/aromatic N) is 3. The molecule has 3 atom stereocenters. The van der Waals surface area contributed by atoms with E-state index in [-0.39, 0.29) is 11.2 Å². The first-order valence-electron chi connectivity index (χ1n) is 9.58. The molecular weight excluding hydrogens is 348 g/mol. The van der Waals surface area contributed by atoms with Gasteiger partial charge in [0.15, 0.2) is 21.1 Å². The van der Waals surface area contributed by atoms with Gasteiger partial charge >= 0.3 is 0 Å². The second-order valence-corrected chi connectivity index (χ2v) is 10.3. The van der Waals surface area contributed by atoms with Gasteiger partial charge in [0.2, 0.25) is 0 Å². The molecule has 0 aromatic carbocycles. The van der Waals surface area contributed by atoms with Crippen molar-refractivity contribution in [3.8, 4) is 0 Å². The fraction of sp³-hybridized carbons (Fsp3) is 0.579. The van der Waals surface area contributed by atoms with Crippen molar-refractivity contribution in [2.45, 2.75) is 50.2 Å². The minimum Gasteiger partial charge on any atom is -0.345 e. The predicted octanol–water partition coefficient (Wildman–Crippen LogP) is 3.31. The summed E-state index contributed by atoms with van der Waals surface area (Å²) in [6.07, 6.45) is 10.4. The van der Waals surface area contributed by atoms with Crippen molar-refractivity contribution in [3.05, 3.63) is 30.4 Å². The van der Waals surface area contributed by atoms with Crippen molar-refractivity contribution in [2.75, 3.05) is 5.75 Å². The number of hydrogen-bond acceptors (Lipinski definition) is 4. The van der Waals surface area contributed by atoms with Crippen LogP contribution in [0.2, 0.25) is 0 Å². The zero-order valence-electron chi connectivity index (χ0n) is 14.9. The lowest BCUT2D eigenvalue weighted by Gasteiger charge is -2.17. The zero-order valence-corrected chi connectivity index (χ0v) is 15.7. The maximum atomic E-state index is 12.5. The van der Waals surface area contributed by atoms with Gasteiger partial charge in [-0.1, -0.05) is 13.3 Å². The summed E-state index contributed by atoms with van der Waals surface area (Å²) in [5.41, 5.74) is 3.95. The predicted molar refractivity (Wildman–Crippen MR) is 101 cm³/mol. The van der Waals surface area contributed by atoms with E-state index < -0.39 is 9.84 Å². The average molecular weight is 372 g/mol. The number of rotatable bonds is 5. The molecular formula is C19H24N4O2S. The molecule has 5 rings (SSSR count). The van der Waals surface area contributed by atoms with Crippen molar-refractivity contribution in [3.63, 3.8) is 0 Å². The Labute approximate surface area is 153 Å². The average Bonchev–Trinajstić information content (AvgIpc) is 3.06. The van der Waals surface area contributed by atoms with Gasteiger partial charge in [-0.3, -0.25) is 4.40 Å². The molecule has 0 bridgehead atoms. The highest BCUT2D eigenvalue weighted by Gasteiger charge is 2.42. The first kappa shape index (κ1) is 16.3. The van der Waals surface area contributed by atoms with Crippen LogP contribution in [0.15, 0.2) is 24.7 Å². The van der Waals surface area contributed by atoms with Crippen LogP contribution in [-0.4, -0.2) is 38.8 Å². The highest BCUT2D eigenvalue weighted by Crippen LogP contribution is 2.46. The van der Waals surface area contributed by atoms with Crippen molar-refractivity contribution in [1.29, 1.82) is 0 Å². The molecule has 6 nitrogen and oxygen atoms in total. The SMILES string of the molecule is CC[C@@H]1C[C@H](CS(=O)(=O)C2CC2)C[C@@H]1c1cnc2cnc3[nH]ccc3n12. The molecule has 3 heterocycles. The van der Waals surface area contributed by atoms with Gasteiger partial charge in [-0.05, 0) is 43.6 Å². The van der Waals surface area contributed by atoms with Crippen LogP contribution in [0.25, 0.3) is 16.8 Å². The molecule has 3 aromatic rings. The summed E-state index contributed by atoms with van der Waals surface area (Å²) in [5, 5.41) is -0.0528. The molecule has 0 aliphatic heterocycles. The fourth-order valence-corrected chi connectivity index (χ4v) is 6.89. The quantitative estimate of drug-likeness (QED) is 0.745. The van der Waals surface area contributed by atoms with Crippen molar-refractivity contribution in [2.24, 2.45) is 11.8 Å². The summed E-state index contributed by atoms with van der Waals surface area (Å²) in [6.45, 7) is 2.21.